The molecule has 0 aliphatic heterocycles. The third-order valence-corrected chi connectivity index (χ3v) is 4.11. The summed E-state index contributed by atoms with van der Waals surface area (Å²) in [4.78, 5) is 19.8. The number of ether oxygens (including phenoxy) is 1. The molecule has 0 saturated heterocycles. The number of rotatable bonds is 6. The van der Waals surface area contributed by atoms with Crippen molar-refractivity contribution in [1.82, 2.24) is 9.97 Å². The van der Waals surface area contributed by atoms with E-state index in [0.717, 1.165) is 23.2 Å². The molecule has 27 heavy (non-hydrogen) atoms. The highest BCUT2D eigenvalue weighted by atomic mass is 16.5. The molecule has 0 amide bonds. The normalized spacial score (nSPS) is 12.1. The lowest BCUT2D eigenvalue weighted by Gasteiger charge is -2.08. The van der Waals surface area contributed by atoms with Gasteiger partial charge in [-0.25, -0.2) is 9.97 Å². The molecule has 0 saturated carbocycles. The molecule has 136 valence electrons. The predicted molar refractivity (Wildman–Crippen MR) is 103 cm³/mol. The monoisotopic (exact) mass is 360 g/mol. The van der Waals surface area contributed by atoms with E-state index < -0.39 is 0 Å². The lowest BCUT2D eigenvalue weighted by molar-refractivity contribution is -0.138. The van der Waals surface area contributed by atoms with Crippen LogP contribution in [0.25, 0.3) is 11.1 Å². The van der Waals surface area contributed by atoms with Crippen molar-refractivity contribution in [2.24, 2.45) is 16.1 Å². The summed E-state index contributed by atoms with van der Waals surface area (Å²) in [5.41, 5.74) is 3.38. The summed E-state index contributed by atoms with van der Waals surface area (Å²) in [5.74, 6) is 0.166. The number of hydrogen-bond acceptors (Lipinski definition) is 6. The zero-order valence-corrected chi connectivity index (χ0v) is 15.2. The van der Waals surface area contributed by atoms with E-state index in [1.165, 1.54) is 6.33 Å². The van der Waals surface area contributed by atoms with Crippen LogP contribution in [0.1, 0.15) is 20.3 Å². The van der Waals surface area contributed by atoms with Gasteiger partial charge in [-0.1, -0.05) is 26.0 Å². The molecular weight excluding hydrogens is 340 g/mol. The highest BCUT2D eigenvalue weighted by molar-refractivity contribution is 5.74. The van der Waals surface area contributed by atoms with E-state index in [9.17, 15) is 4.79 Å². The van der Waals surface area contributed by atoms with Crippen LogP contribution in [-0.4, -0.2) is 15.9 Å². The molecule has 3 aromatic rings. The van der Waals surface area contributed by atoms with Gasteiger partial charge in [-0.2, -0.15) is 10.2 Å². The van der Waals surface area contributed by atoms with Crippen LogP contribution in [0, 0.1) is 5.92 Å². The van der Waals surface area contributed by atoms with Crippen LogP contribution in [0.3, 0.4) is 0 Å². The van der Waals surface area contributed by atoms with Gasteiger partial charge in [-0.05, 0) is 48.4 Å². The van der Waals surface area contributed by atoms with E-state index in [-0.39, 0.29) is 11.9 Å². The van der Waals surface area contributed by atoms with E-state index in [1.54, 1.807) is 36.7 Å². The van der Waals surface area contributed by atoms with Gasteiger partial charge < -0.3 is 4.74 Å². The lowest BCUT2D eigenvalue weighted by atomic mass is 10.1. The third kappa shape index (κ3) is 5.04. The Hall–Kier alpha value is -3.41. The first-order valence-electron chi connectivity index (χ1n) is 8.74. The number of esters is 1. The van der Waals surface area contributed by atoms with Gasteiger partial charge in [0, 0.05) is 18.0 Å². The minimum absolute atomic E-state index is 0.116. The van der Waals surface area contributed by atoms with Crippen molar-refractivity contribution in [2.75, 3.05) is 0 Å². The van der Waals surface area contributed by atoms with Crippen LogP contribution >= 0.6 is 0 Å². The van der Waals surface area contributed by atoms with Crippen LogP contribution in [0.5, 0.6) is 5.75 Å². The zero-order valence-electron chi connectivity index (χ0n) is 15.2. The summed E-state index contributed by atoms with van der Waals surface area (Å²) in [5, 5.41) is 8.44. The second-order valence-corrected chi connectivity index (χ2v) is 6.10. The zero-order chi connectivity index (χ0) is 19.1. The molecule has 3 rings (SSSR count). The number of aromatic nitrogens is 2. The van der Waals surface area contributed by atoms with Crippen molar-refractivity contribution in [3.8, 4) is 16.9 Å². The van der Waals surface area contributed by atoms with Gasteiger partial charge in [0.2, 0.25) is 0 Å². The van der Waals surface area contributed by atoms with Crippen molar-refractivity contribution in [2.45, 2.75) is 20.3 Å². The Morgan fingerprint density at radius 3 is 2.04 bits per heavy atom. The summed E-state index contributed by atoms with van der Waals surface area (Å²) in [6, 6.07) is 14.6. The Bertz CT molecular complexity index is 907. The number of benzene rings is 2. The highest BCUT2D eigenvalue weighted by Gasteiger charge is 2.12. The number of azo groups is 1. The number of carbonyl (C=O) groups excluding carboxylic acids is 1. The number of nitrogens with zero attached hydrogens (tertiary/aromatic N) is 4. The molecule has 0 aliphatic carbocycles. The number of carbonyl (C=O) groups is 1. The van der Waals surface area contributed by atoms with Crippen LogP contribution in [0.4, 0.5) is 11.4 Å². The Morgan fingerprint density at radius 2 is 1.48 bits per heavy atom. The van der Waals surface area contributed by atoms with Gasteiger partial charge in [0.1, 0.15) is 12.1 Å². The fourth-order valence-electron chi connectivity index (χ4n) is 2.25. The lowest BCUT2D eigenvalue weighted by Crippen LogP contribution is -2.16. The summed E-state index contributed by atoms with van der Waals surface area (Å²) >= 11 is 0. The van der Waals surface area contributed by atoms with E-state index >= 15 is 0 Å². The first-order valence-corrected chi connectivity index (χ1v) is 8.74. The molecule has 1 unspecified atom stereocenters. The van der Waals surface area contributed by atoms with Gasteiger partial charge in [-0.15, -0.1) is 0 Å². The SMILES string of the molecule is CCC(C)C(=O)Oc1ccc(/N=N/c2ccc(-c3cncnc3)cc2)cc1. The first-order chi connectivity index (χ1) is 13.2. The van der Waals surface area contributed by atoms with Crippen LogP contribution < -0.4 is 4.74 Å². The average molecular weight is 360 g/mol. The molecule has 0 N–H and O–H groups in total. The standard InChI is InChI=1S/C21H20N4O2/c1-3-15(2)21(26)27-20-10-8-19(9-11-20)25-24-18-6-4-16(5-7-18)17-12-22-14-23-13-17/h4-15H,3H2,1-2H3/b25-24+. The molecule has 0 bridgehead atoms. The quantitative estimate of drug-likeness (QED) is 0.330. The molecule has 6 heteroatoms. The van der Waals surface area contributed by atoms with Crippen molar-refractivity contribution < 1.29 is 9.53 Å². The Morgan fingerprint density at radius 1 is 0.926 bits per heavy atom. The maximum Gasteiger partial charge on any atom is 0.314 e. The van der Waals surface area contributed by atoms with Crippen molar-refractivity contribution in [1.29, 1.82) is 0 Å². The summed E-state index contributed by atoms with van der Waals surface area (Å²) in [6.45, 7) is 3.80. The van der Waals surface area contributed by atoms with E-state index in [2.05, 4.69) is 20.2 Å². The molecule has 0 radical (unpaired) electrons. The number of hydrogen-bond donors (Lipinski definition) is 0. The summed E-state index contributed by atoms with van der Waals surface area (Å²) < 4.78 is 5.32. The van der Waals surface area contributed by atoms with Crippen LogP contribution in [0.2, 0.25) is 0 Å². The van der Waals surface area contributed by atoms with Gasteiger partial charge in [-0.3, -0.25) is 4.79 Å². The van der Waals surface area contributed by atoms with Crippen molar-refractivity contribution in [3.05, 3.63) is 67.3 Å². The Balaban J connectivity index is 1.63. The predicted octanol–water partition coefficient (Wildman–Crippen LogP) is 5.51. The molecular formula is C21H20N4O2. The maximum atomic E-state index is 11.8. The average Bonchev–Trinajstić information content (AvgIpc) is 2.73. The minimum Gasteiger partial charge on any atom is -0.426 e. The highest BCUT2D eigenvalue weighted by Crippen LogP contribution is 2.24. The molecule has 0 fully saturated rings. The topological polar surface area (TPSA) is 76.8 Å². The summed E-state index contributed by atoms with van der Waals surface area (Å²) in [7, 11) is 0. The Labute approximate surface area is 158 Å². The molecule has 1 heterocycles. The smallest absolute Gasteiger partial charge is 0.314 e. The van der Waals surface area contributed by atoms with Gasteiger partial charge in [0.25, 0.3) is 0 Å². The van der Waals surface area contributed by atoms with E-state index in [0.29, 0.717) is 11.4 Å². The molecule has 1 aromatic heterocycles. The molecule has 1 atom stereocenters. The van der Waals surface area contributed by atoms with Gasteiger partial charge >= 0.3 is 5.97 Å². The second-order valence-electron chi connectivity index (χ2n) is 6.10. The van der Waals surface area contributed by atoms with Gasteiger partial charge in [0.05, 0.1) is 17.3 Å². The second kappa shape index (κ2) is 8.80. The Kier molecular flexibility index (Phi) is 5.99. The van der Waals surface area contributed by atoms with Crippen LogP contribution in [-0.2, 0) is 4.79 Å². The third-order valence-electron chi connectivity index (χ3n) is 4.11. The largest absolute Gasteiger partial charge is 0.426 e. The van der Waals surface area contributed by atoms with Crippen LogP contribution in [0.15, 0.2) is 77.5 Å². The van der Waals surface area contributed by atoms with Crippen molar-refractivity contribution >= 4 is 17.3 Å². The first kappa shape index (κ1) is 18.4. The fourth-order valence-corrected chi connectivity index (χ4v) is 2.25. The molecule has 0 spiro atoms. The van der Waals surface area contributed by atoms with E-state index in [1.807, 2.05) is 38.1 Å². The maximum absolute atomic E-state index is 11.8. The molecule has 2 aromatic carbocycles. The minimum atomic E-state index is -0.226. The van der Waals surface area contributed by atoms with Crippen molar-refractivity contribution in [3.63, 3.8) is 0 Å². The molecule has 6 nitrogen and oxygen atoms in total. The molecule has 0 aliphatic rings. The van der Waals surface area contributed by atoms with Gasteiger partial charge in [0.15, 0.2) is 0 Å². The van der Waals surface area contributed by atoms with E-state index in [4.69, 9.17) is 4.74 Å². The summed E-state index contributed by atoms with van der Waals surface area (Å²) in [6.07, 6.45) is 5.78. The fraction of sp³-hybridized carbons (Fsp3) is 0.190.